The van der Waals surface area contributed by atoms with Gasteiger partial charge >= 0.3 is 5.97 Å². The van der Waals surface area contributed by atoms with E-state index in [1.165, 1.54) is 4.68 Å². The topological polar surface area (TPSA) is 73.6 Å². The van der Waals surface area contributed by atoms with E-state index < -0.39 is 5.97 Å². The second-order valence-corrected chi connectivity index (χ2v) is 4.80. The van der Waals surface area contributed by atoms with Crippen molar-refractivity contribution in [2.24, 2.45) is 7.05 Å². The summed E-state index contributed by atoms with van der Waals surface area (Å²) in [5, 5.41) is 13.2. The van der Waals surface area contributed by atoms with Gasteiger partial charge in [-0.3, -0.25) is 4.68 Å². The average molecular weight is 341 g/mol. The van der Waals surface area contributed by atoms with Crippen LogP contribution >= 0.6 is 15.9 Å². The van der Waals surface area contributed by atoms with Crippen LogP contribution in [0.3, 0.4) is 0 Å². The first-order valence-corrected chi connectivity index (χ1v) is 6.53. The van der Waals surface area contributed by atoms with Gasteiger partial charge in [-0.2, -0.15) is 5.10 Å². The molecule has 1 N–H and O–H groups in total. The summed E-state index contributed by atoms with van der Waals surface area (Å²) in [4.78, 5) is 11.1. The molecule has 2 aromatic rings. The number of hydrogen-bond acceptors (Lipinski definition) is 4. The first kappa shape index (κ1) is 14.4. The summed E-state index contributed by atoms with van der Waals surface area (Å²) in [5.41, 5.74) is 0.613. The van der Waals surface area contributed by atoms with E-state index >= 15 is 0 Å². The maximum atomic E-state index is 11.1. The normalized spacial score (nSPS) is 10.3. The fraction of sp³-hybridized carbons (Fsp3) is 0.231. The molecule has 0 aliphatic carbocycles. The number of hydrogen-bond donors (Lipinski definition) is 1. The summed E-state index contributed by atoms with van der Waals surface area (Å²) >= 11 is 3.24. The van der Waals surface area contributed by atoms with Crippen LogP contribution in [0.15, 0.2) is 28.7 Å². The van der Waals surface area contributed by atoms with Crippen LogP contribution in [-0.2, 0) is 13.7 Å². The van der Waals surface area contributed by atoms with Gasteiger partial charge in [-0.25, -0.2) is 4.79 Å². The van der Waals surface area contributed by atoms with Crippen molar-refractivity contribution < 1.29 is 19.4 Å². The van der Waals surface area contributed by atoms with Crippen LogP contribution in [0.25, 0.3) is 0 Å². The molecule has 0 unspecified atom stereocenters. The lowest BCUT2D eigenvalue weighted by Gasteiger charge is -2.06. The summed E-state index contributed by atoms with van der Waals surface area (Å²) < 4.78 is 12.4. The third-order valence-corrected chi connectivity index (χ3v) is 3.51. The molecule has 0 amide bonds. The first-order valence-electron chi connectivity index (χ1n) is 5.74. The predicted octanol–water partition coefficient (Wildman–Crippen LogP) is 2.47. The average Bonchev–Trinajstić information content (AvgIpc) is 2.71. The fourth-order valence-electron chi connectivity index (χ4n) is 1.72. The SMILES string of the molecule is COc1cccc(OCc2nn(C)c(C(=O)O)c2Br)c1. The lowest BCUT2D eigenvalue weighted by molar-refractivity contribution is 0.0684. The van der Waals surface area contributed by atoms with Crippen molar-refractivity contribution in [3.63, 3.8) is 0 Å². The molecule has 0 bridgehead atoms. The van der Waals surface area contributed by atoms with Gasteiger partial charge in [0.05, 0.1) is 11.6 Å². The van der Waals surface area contributed by atoms with Gasteiger partial charge in [0.1, 0.15) is 23.8 Å². The Kier molecular flexibility index (Phi) is 4.29. The molecule has 0 aliphatic heterocycles. The minimum Gasteiger partial charge on any atom is -0.497 e. The monoisotopic (exact) mass is 340 g/mol. The van der Waals surface area contributed by atoms with Crippen molar-refractivity contribution >= 4 is 21.9 Å². The molecule has 7 heteroatoms. The quantitative estimate of drug-likeness (QED) is 0.904. The molecule has 0 saturated heterocycles. The number of halogens is 1. The van der Waals surface area contributed by atoms with E-state index in [1.807, 2.05) is 12.1 Å². The number of carboxylic acids is 1. The smallest absolute Gasteiger partial charge is 0.355 e. The minimum atomic E-state index is -1.04. The highest BCUT2D eigenvalue weighted by Crippen LogP contribution is 2.24. The molecule has 0 saturated carbocycles. The Bertz CT molecular complexity index is 639. The Labute approximate surface area is 124 Å². The molecule has 6 nitrogen and oxygen atoms in total. The lowest BCUT2D eigenvalue weighted by atomic mass is 10.3. The highest BCUT2D eigenvalue weighted by Gasteiger charge is 2.19. The summed E-state index contributed by atoms with van der Waals surface area (Å²) in [6.45, 7) is 0.162. The molecule has 0 aliphatic rings. The van der Waals surface area contributed by atoms with Crippen LogP contribution in [0.1, 0.15) is 16.2 Å². The van der Waals surface area contributed by atoms with Crippen molar-refractivity contribution in [3.8, 4) is 11.5 Å². The maximum absolute atomic E-state index is 11.1. The molecule has 106 valence electrons. The molecule has 1 aromatic carbocycles. The van der Waals surface area contributed by atoms with Gasteiger partial charge in [-0.1, -0.05) is 6.07 Å². The zero-order valence-corrected chi connectivity index (χ0v) is 12.5. The van der Waals surface area contributed by atoms with Crippen molar-refractivity contribution in [1.82, 2.24) is 9.78 Å². The second kappa shape index (κ2) is 5.96. The van der Waals surface area contributed by atoms with Gasteiger partial charge in [0.25, 0.3) is 0 Å². The van der Waals surface area contributed by atoms with E-state index in [4.69, 9.17) is 14.6 Å². The standard InChI is InChI=1S/C13H13BrN2O4/c1-16-12(13(17)18)11(14)10(15-16)7-20-9-5-3-4-8(6-9)19-2/h3-6H,7H2,1-2H3,(H,17,18). The number of ether oxygens (including phenoxy) is 2. The van der Waals surface area contributed by atoms with Gasteiger partial charge in [0.15, 0.2) is 5.69 Å². The predicted molar refractivity (Wildman–Crippen MR) is 75.2 cm³/mol. The van der Waals surface area contributed by atoms with Gasteiger partial charge in [0, 0.05) is 13.1 Å². The molecule has 0 radical (unpaired) electrons. The van der Waals surface area contributed by atoms with E-state index in [2.05, 4.69) is 21.0 Å². The van der Waals surface area contributed by atoms with Crippen molar-refractivity contribution in [1.29, 1.82) is 0 Å². The van der Waals surface area contributed by atoms with Crippen LogP contribution in [0.4, 0.5) is 0 Å². The molecule has 1 aromatic heterocycles. The zero-order valence-electron chi connectivity index (χ0n) is 11.0. The molecule has 2 rings (SSSR count). The Balaban J connectivity index is 2.15. The Morgan fingerprint density at radius 2 is 2.15 bits per heavy atom. The maximum Gasteiger partial charge on any atom is 0.355 e. The van der Waals surface area contributed by atoms with E-state index in [0.29, 0.717) is 21.7 Å². The number of nitrogens with zero attached hydrogens (tertiary/aromatic N) is 2. The first-order chi connectivity index (χ1) is 9.52. The van der Waals surface area contributed by atoms with E-state index in [1.54, 1.807) is 26.3 Å². The molecule has 20 heavy (non-hydrogen) atoms. The van der Waals surface area contributed by atoms with Crippen molar-refractivity contribution in [3.05, 3.63) is 40.1 Å². The van der Waals surface area contributed by atoms with Crippen molar-refractivity contribution in [2.75, 3.05) is 7.11 Å². The Morgan fingerprint density at radius 3 is 2.75 bits per heavy atom. The van der Waals surface area contributed by atoms with Gasteiger partial charge in [-0.15, -0.1) is 0 Å². The minimum absolute atomic E-state index is 0.0919. The summed E-state index contributed by atoms with van der Waals surface area (Å²) in [7, 11) is 3.15. The number of aromatic nitrogens is 2. The molecule has 0 atom stereocenters. The van der Waals surface area contributed by atoms with Crippen molar-refractivity contribution in [2.45, 2.75) is 6.61 Å². The summed E-state index contributed by atoms with van der Waals surface area (Å²) in [6.07, 6.45) is 0. The van der Waals surface area contributed by atoms with Crippen LogP contribution in [0.5, 0.6) is 11.5 Å². The largest absolute Gasteiger partial charge is 0.497 e. The molecule has 0 fully saturated rings. The number of carbonyl (C=O) groups is 1. The molecule has 0 spiro atoms. The highest BCUT2D eigenvalue weighted by atomic mass is 79.9. The van der Waals surface area contributed by atoms with Gasteiger partial charge in [-0.05, 0) is 28.1 Å². The van der Waals surface area contributed by atoms with Crippen LogP contribution in [0.2, 0.25) is 0 Å². The van der Waals surface area contributed by atoms with Gasteiger partial charge < -0.3 is 14.6 Å². The second-order valence-electron chi connectivity index (χ2n) is 4.01. The number of rotatable bonds is 5. The Hall–Kier alpha value is -2.02. The molecule has 1 heterocycles. The lowest BCUT2D eigenvalue weighted by Crippen LogP contribution is -2.05. The third-order valence-electron chi connectivity index (χ3n) is 2.67. The van der Waals surface area contributed by atoms with Crippen LogP contribution < -0.4 is 9.47 Å². The van der Waals surface area contributed by atoms with Gasteiger partial charge in [0.2, 0.25) is 0 Å². The van der Waals surface area contributed by atoms with Crippen LogP contribution in [0, 0.1) is 0 Å². The number of aryl methyl sites for hydroxylation is 1. The third kappa shape index (κ3) is 2.93. The molecular weight excluding hydrogens is 328 g/mol. The van der Waals surface area contributed by atoms with E-state index in [0.717, 1.165) is 0 Å². The summed E-state index contributed by atoms with van der Waals surface area (Å²) in [6, 6.07) is 7.16. The zero-order chi connectivity index (χ0) is 14.7. The van der Waals surface area contributed by atoms with Crippen LogP contribution in [-0.4, -0.2) is 28.0 Å². The van der Waals surface area contributed by atoms with E-state index in [9.17, 15) is 4.79 Å². The summed E-state index contributed by atoms with van der Waals surface area (Å²) in [5.74, 6) is 0.270. The van der Waals surface area contributed by atoms with E-state index in [-0.39, 0.29) is 12.3 Å². The highest BCUT2D eigenvalue weighted by molar-refractivity contribution is 9.10. The number of methoxy groups -OCH3 is 1. The Morgan fingerprint density at radius 1 is 1.45 bits per heavy atom. The number of benzene rings is 1. The number of aromatic carboxylic acids is 1. The number of carboxylic acid groups (broad SMARTS) is 1. The molecular formula is C13H13BrN2O4. The fourth-order valence-corrected chi connectivity index (χ4v) is 2.34.